The van der Waals surface area contributed by atoms with Gasteiger partial charge in [0.1, 0.15) is 0 Å². The van der Waals surface area contributed by atoms with Gasteiger partial charge in [-0.2, -0.15) is 0 Å². The predicted molar refractivity (Wildman–Crippen MR) is 51.9 cm³/mol. The number of pyridine rings is 1. The van der Waals surface area contributed by atoms with Crippen LogP contribution in [0.5, 0.6) is 0 Å². The highest BCUT2D eigenvalue weighted by Gasteiger charge is 1.93. The van der Waals surface area contributed by atoms with Crippen LogP contribution < -0.4 is 5.73 Å². The standard InChI is InChI=1S/C10H12N2O/c1-7-5-9(3-4-10(11)13)6-8(2)12-7/h3-6H,1-2H3,(H2,11,13). The second kappa shape index (κ2) is 3.85. The molecule has 13 heavy (non-hydrogen) atoms. The lowest BCUT2D eigenvalue weighted by atomic mass is 10.2. The lowest BCUT2D eigenvalue weighted by molar-refractivity contribution is -0.113. The van der Waals surface area contributed by atoms with E-state index < -0.39 is 5.91 Å². The van der Waals surface area contributed by atoms with E-state index in [9.17, 15) is 4.79 Å². The van der Waals surface area contributed by atoms with Crippen LogP contribution in [0.2, 0.25) is 0 Å². The summed E-state index contributed by atoms with van der Waals surface area (Å²) in [4.78, 5) is 14.7. The molecule has 0 fully saturated rings. The minimum Gasteiger partial charge on any atom is -0.366 e. The number of nitrogens with two attached hydrogens (primary N) is 1. The molecule has 0 spiro atoms. The highest BCUT2D eigenvalue weighted by molar-refractivity contribution is 5.90. The van der Waals surface area contributed by atoms with Crippen LogP contribution in [0.1, 0.15) is 17.0 Å². The van der Waals surface area contributed by atoms with Gasteiger partial charge >= 0.3 is 0 Å². The molecule has 0 bridgehead atoms. The highest BCUT2D eigenvalue weighted by atomic mass is 16.1. The second-order valence-electron chi connectivity index (χ2n) is 2.92. The van der Waals surface area contributed by atoms with E-state index in [1.165, 1.54) is 6.08 Å². The maximum atomic E-state index is 10.5. The van der Waals surface area contributed by atoms with E-state index in [-0.39, 0.29) is 0 Å². The van der Waals surface area contributed by atoms with Crippen LogP contribution in [0.4, 0.5) is 0 Å². The Morgan fingerprint density at radius 2 is 1.92 bits per heavy atom. The van der Waals surface area contributed by atoms with Crippen LogP contribution in [0.25, 0.3) is 6.08 Å². The van der Waals surface area contributed by atoms with Gasteiger partial charge < -0.3 is 5.73 Å². The Kier molecular flexibility index (Phi) is 2.80. The van der Waals surface area contributed by atoms with E-state index in [0.717, 1.165) is 17.0 Å². The van der Waals surface area contributed by atoms with E-state index in [1.54, 1.807) is 6.08 Å². The van der Waals surface area contributed by atoms with Crippen molar-refractivity contribution in [1.29, 1.82) is 0 Å². The molecule has 1 aromatic rings. The minimum absolute atomic E-state index is 0.438. The molecule has 0 saturated heterocycles. The molecule has 2 N–H and O–H groups in total. The molecule has 68 valence electrons. The number of aromatic nitrogens is 1. The van der Waals surface area contributed by atoms with Gasteiger partial charge in [0.05, 0.1) is 0 Å². The van der Waals surface area contributed by atoms with Crippen molar-refractivity contribution in [3.63, 3.8) is 0 Å². The smallest absolute Gasteiger partial charge is 0.241 e. The van der Waals surface area contributed by atoms with Gasteiger partial charge in [-0.15, -0.1) is 0 Å². The van der Waals surface area contributed by atoms with Gasteiger partial charge in [0.2, 0.25) is 5.91 Å². The Labute approximate surface area is 77.3 Å². The molecular formula is C10H12N2O. The molecule has 0 aliphatic rings. The fraction of sp³-hybridized carbons (Fsp3) is 0.200. The summed E-state index contributed by atoms with van der Waals surface area (Å²) in [5.41, 5.74) is 7.79. The first-order chi connectivity index (χ1) is 6.08. The monoisotopic (exact) mass is 176 g/mol. The van der Waals surface area contributed by atoms with Crippen molar-refractivity contribution in [2.45, 2.75) is 13.8 Å². The Morgan fingerprint density at radius 3 is 2.38 bits per heavy atom. The molecule has 3 heteroatoms. The third-order valence-corrected chi connectivity index (χ3v) is 1.54. The van der Waals surface area contributed by atoms with Crippen molar-refractivity contribution >= 4 is 12.0 Å². The first-order valence-electron chi connectivity index (χ1n) is 4.01. The highest BCUT2D eigenvalue weighted by Crippen LogP contribution is 2.06. The Morgan fingerprint density at radius 1 is 1.38 bits per heavy atom. The Balaban J connectivity index is 2.95. The Hall–Kier alpha value is -1.64. The van der Waals surface area contributed by atoms with Gasteiger partial charge in [-0.25, -0.2) is 0 Å². The number of hydrogen-bond donors (Lipinski definition) is 1. The van der Waals surface area contributed by atoms with E-state index in [0.29, 0.717) is 0 Å². The zero-order valence-electron chi connectivity index (χ0n) is 7.74. The van der Waals surface area contributed by atoms with Crippen LogP contribution >= 0.6 is 0 Å². The first kappa shape index (κ1) is 9.45. The number of carbonyl (C=O) groups is 1. The van der Waals surface area contributed by atoms with Gasteiger partial charge in [0, 0.05) is 17.5 Å². The van der Waals surface area contributed by atoms with E-state index in [1.807, 2.05) is 26.0 Å². The van der Waals surface area contributed by atoms with Gasteiger partial charge in [-0.05, 0) is 37.6 Å². The zero-order chi connectivity index (χ0) is 9.84. The van der Waals surface area contributed by atoms with Crippen LogP contribution in [0.15, 0.2) is 18.2 Å². The average molecular weight is 176 g/mol. The number of hydrogen-bond acceptors (Lipinski definition) is 2. The third-order valence-electron chi connectivity index (χ3n) is 1.54. The molecule has 1 aromatic heterocycles. The SMILES string of the molecule is Cc1cc(C=CC(N)=O)cc(C)n1. The zero-order valence-corrected chi connectivity index (χ0v) is 7.74. The summed E-state index contributed by atoms with van der Waals surface area (Å²) in [6.45, 7) is 3.82. The number of aryl methyl sites for hydroxylation is 2. The van der Waals surface area contributed by atoms with Gasteiger partial charge in [0.25, 0.3) is 0 Å². The van der Waals surface area contributed by atoms with Crippen molar-refractivity contribution in [3.8, 4) is 0 Å². The summed E-state index contributed by atoms with van der Waals surface area (Å²) >= 11 is 0. The normalized spacial score (nSPS) is 10.6. The molecular weight excluding hydrogens is 164 g/mol. The first-order valence-corrected chi connectivity index (χ1v) is 4.01. The maximum absolute atomic E-state index is 10.5. The summed E-state index contributed by atoms with van der Waals surface area (Å²) in [6.07, 6.45) is 3.03. The molecule has 3 nitrogen and oxygen atoms in total. The maximum Gasteiger partial charge on any atom is 0.241 e. The fourth-order valence-corrected chi connectivity index (χ4v) is 1.14. The number of rotatable bonds is 2. The second-order valence-corrected chi connectivity index (χ2v) is 2.92. The molecule has 1 heterocycles. The molecule has 0 saturated carbocycles. The predicted octanol–water partition coefficient (Wildman–Crippen LogP) is 1.20. The molecule has 0 radical (unpaired) electrons. The lowest BCUT2D eigenvalue weighted by Crippen LogP contribution is -2.05. The molecule has 0 aromatic carbocycles. The molecule has 0 atom stereocenters. The molecule has 0 aliphatic heterocycles. The van der Waals surface area contributed by atoms with Crippen molar-refractivity contribution < 1.29 is 4.79 Å². The van der Waals surface area contributed by atoms with E-state index in [2.05, 4.69) is 4.98 Å². The number of amides is 1. The fourth-order valence-electron chi connectivity index (χ4n) is 1.14. The number of primary amides is 1. The molecule has 0 unspecified atom stereocenters. The van der Waals surface area contributed by atoms with Crippen LogP contribution in [-0.2, 0) is 4.79 Å². The third kappa shape index (κ3) is 3.07. The molecule has 0 aliphatic carbocycles. The lowest BCUT2D eigenvalue weighted by Gasteiger charge is -1.98. The van der Waals surface area contributed by atoms with Crippen molar-refractivity contribution in [2.75, 3.05) is 0 Å². The van der Waals surface area contributed by atoms with Crippen molar-refractivity contribution in [3.05, 3.63) is 35.2 Å². The largest absolute Gasteiger partial charge is 0.366 e. The quantitative estimate of drug-likeness (QED) is 0.688. The summed E-state index contributed by atoms with van der Waals surface area (Å²) in [5.74, 6) is -0.438. The van der Waals surface area contributed by atoms with Gasteiger partial charge in [-0.1, -0.05) is 0 Å². The van der Waals surface area contributed by atoms with E-state index in [4.69, 9.17) is 5.73 Å². The molecule has 1 amide bonds. The van der Waals surface area contributed by atoms with Crippen LogP contribution in [-0.4, -0.2) is 10.9 Å². The van der Waals surface area contributed by atoms with Crippen molar-refractivity contribution in [1.82, 2.24) is 4.98 Å². The number of carbonyl (C=O) groups excluding carboxylic acids is 1. The summed E-state index contributed by atoms with van der Waals surface area (Å²) in [7, 11) is 0. The van der Waals surface area contributed by atoms with Gasteiger partial charge in [-0.3, -0.25) is 9.78 Å². The summed E-state index contributed by atoms with van der Waals surface area (Å²) in [5, 5.41) is 0. The minimum atomic E-state index is -0.438. The van der Waals surface area contributed by atoms with E-state index >= 15 is 0 Å². The number of nitrogens with zero attached hydrogens (tertiary/aromatic N) is 1. The van der Waals surface area contributed by atoms with Crippen LogP contribution in [0, 0.1) is 13.8 Å². The topological polar surface area (TPSA) is 56.0 Å². The van der Waals surface area contributed by atoms with Crippen LogP contribution in [0.3, 0.4) is 0 Å². The Bertz CT molecular complexity index is 336. The van der Waals surface area contributed by atoms with Crippen molar-refractivity contribution in [2.24, 2.45) is 5.73 Å². The van der Waals surface area contributed by atoms with Gasteiger partial charge in [0.15, 0.2) is 0 Å². The average Bonchev–Trinajstić information content (AvgIpc) is 1.99. The summed E-state index contributed by atoms with van der Waals surface area (Å²) < 4.78 is 0. The molecule has 1 rings (SSSR count). The summed E-state index contributed by atoms with van der Waals surface area (Å²) in [6, 6.07) is 3.79.